The molecule has 0 N–H and O–H groups in total. The third kappa shape index (κ3) is 5.96. The molecule has 0 unspecified atom stereocenters. The van der Waals surface area contributed by atoms with Gasteiger partial charge in [-0.3, -0.25) is 0 Å². The van der Waals surface area contributed by atoms with Crippen LogP contribution in [0, 0.1) is 25.2 Å². The fourth-order valence-corrected chi connectivity index (χ4v) is 7.60. The fourth-order valence-electron chi connectivity index (χ4n) is 7.60. The Morgan fingerprint density at radius 2 is 1.22 bits per heavy atom. The zero-order valence-electron chi connectivity index (χ0n) is 30.4. The molecule has 54 heavy (non-hydrogen) atoms. The molecule has 8 nitrogen and oxygen atoms in total. The lowest BCUT2D eigenvalue weighted by Gasteiger charge is -2.36. The van der Waals surface area contributed by atoms with Crippen molar-refractivity contribution >= 4 is 22.3 Å². The van der Waals surface area contributed by atoms with Gasteiger partial charge in [0.1, 0.15) is 28.5 Å². The van der Waals surface area contributed by atoms with Crippen LogP contribution >= 0.6 is 0 Å². The van der Waals surface area contributed by atoms with Crippen molar-refractivity contribution in [2.24, 2.45) is 0 Å². The topological polar surface area (TPSA) is 98.1 Å². The van der Waals surface area contributed by atoms with Gasteiger partial charge in [0.2, 0.25) is 0 Å². The zero-order chi connectivity index (χ0) is 37.1. The number of aromatic nitrogens is 7. The fraction of sp³-hybridized carbons (Fsp3) is 0.130. The Bertz CT molecular complexity index is 2520. The Balaban J connectivity index is 1.32. The Labute approximate surface area is 314 Å². The van der Waals surface area contributed by atoms with Gasteiger partial charge in [-0.05, 0) is 69.3 Å². The standard InChI is InChI=1S/C46H38N8/c1-4-41-49-43-32(2)29-33(3)48-45(43)53(41)31-34-25-27-36(28-26-34)42(35-17-9-5-10-18-35)40(30-47)44-50-51-52-54(44)46(37-19-11-6-12-20-37,38-21-13-7-14-22-38)39-23-15-8-16-24-39/h5-29H,4,31H2,1-3H3. The molecule has 0 fully saturated rings. The maximum Gasteiger partial charge on any atom is 0.194 e. The third-order valence-electron chi connectivity index (χ3n) is 10.0. The van der Waals surface area contributed by atoms with Gasteiger partial charge < -0.3 is 4.57 Å². The SMILES string of the molecule is CCc1nc2c(C)cc(C)nc2n1Cc1ccc(C(=C(C#N)c2nnnn2C(c2ccccc2)(c2ccccc2)c2ccccc2)c2ccccc2)cc1. The molecule has 0 radical (unpaired) electrons. The molecule has 5 aromatic carbocycles. The van der Waals surface area contributed by atoms with Crippen LogP contribution in [0.25, 0.3) is 22.3 Å². The normalized spacial score (nSPS) is 12.0. The average molecular weight is 703 g/mol. The first-order chi connectivity index (χ1) is 26.5. The number of hydrogen-bond acceptors (Lipinski definition) is 6. The van der Waals surface area contributed by atoms with Gasteiger partial charge in [-0.25, -0.2) is 14.6 Å². The highest BCUT2D eigenvalue weighted by Gasteiger charge is 2.42. The number of allylic oxidation sites excluding steroid dienone is 1. The van der Waals surface area contributed by atoms with Gasteiger partial charge in [0.15, 0.2) is 11.5 Å². The van der Waals surface area contributed by atoms with E-state index in [1.54, 1.807) is 0 Å². The highest BCUT2D eigenvalue weighted by molar-refractivity contribution is 6.02. The smallest absolute Gasteiger partial charge is 0.194 e. The van der Waals surface area contributed by atoms with Crippen LogP contribution in [0.4, 0.5) is 0 Å². The van der Waals surface area contributed by atoms with Crippen molar-refractivity contribution in [3.63, 3.8) is 0 Å². The first kappa shape index (κ1) is 34.1. The van der Waals surface area contributed by atoms with E-state index < -0.39 is 5.54 Å². The summed E-state index contributed by atoms with van der Waals surface area (Å²) in [4.78, 5) is 9.82. The van der Waals surface area contributed by atoms with E-state index in [9.17, 15) is 5.26 Å². The Morgan fingerprint density at radius 3 is 1.76 bits per heavy atom. The van der Waals surface area contributed by atoms with E-state index >= 15 is 0 Å². The van der Waals surface area contributed by atoms with Crippen LogP contribution < -0.4 is 0 Å². The summed E-state index contributed by atoms with van der Waals surface area (Å²) in [6.07, 6.45) is 0.796. The third-order valence-corrected chi connectivity index (χ3v) is 10.0. The van der Waals surface area contributed by atoms with Crippen molar-refractivity contribution < 1.29 is 0 Å². The monoisotopic (exact) mass is 702 g/mol. The molecule has 3 aromatic heterocycles. The van der Waals surface area contributed by atoms with Gasteiger partial charge in [-0.1, -0.05) is 153 Å². The molecule has 3 heterocycles. The minimum absolute atomic E-state index is 0.353. The molecule has 0 aliphatic carbocycles. The molecule has 0 saturated heterocycles. The predicted molar refractivity (Wildman–Crippen MR) is 212 cm³/mol. The molecule has 0 spiro atoms. The predicted octanol–water partition coefficient (Wildman–Crippen LogP) is 8.97. The summed E-state index contributed by atoms with van der Waals surface area (Å²) in [6.45, 7) is 6.86. The summed E-state index contributed by atoms with van der Waals surface area (Å²) >= 11 is 0. The van der Waals surface area contributed by atoms with Crippen molar-refractivity contribution in [1.29, 1.82) is 5.26 Å². The van der Waals surface area contributed by atoms with E-state index in [4.69, 9.17) is 15.2 Å². The van der Waals surface area contributed by atoms with Crippen LogP contribution in [0.3, 0.4) is 0 Å². The van der Waals surface area contributed by atoms with Gasteiger partial charge in [0.25, 0.3) is 0 Å². The van der Waals surface area contributed by atoms with E-state index in [0.717, 1.165) is 73.6 Å². The largest absolute Gasteiger partial charge is 0.308 e. The van der Waals surface area contributed by atoms with Gasteiger partial charge in [-0.2, -0.15) is 5.26 Å². The summed E-state index contributed by atoms with van der Waals surface area (Å²) in [5, 5.41) is 24.8. The summed E-state index contributed by atoms with van der Waals surface area (Å²) < 4.78 is 4.03. The number of fused-ring (bicyclic) bond motifs is 1. The number of nitriles is 1. The Kier molecular flexibility index (Phi) is 9.21. The number of aryl methyl sites for hydroxylation is 3. The first-order valence-corrected chi connectivity index (χ1v) is 18.1. The van der Waals surface area contributed by atoms with E-state index in [1.165, 1.54) is 0 Å². The molecule has 0 atom stereocenters. The summed E-state index contributed by atoms with van der Waals surface area (Å²) in [5.41, 5.74) is 9.74. The second kappa shape index (κ2) is 14.6. The average Bonchev–Trinajstić information content (AvgIpc) is 3.84. The van der Waals surface area contributed by atoms with Crippen LogP contribution in [0.2, 0.25) is 0 Å². The summed E-state index contributed by atoms with van der Waals surface area (Å²) in [6, 6.07) is 53.7. The first-order valence-electron chi connectivity index (χ1n) is 18.1. The van der Waals surface area contributed by atoms with E-state index in [0.29, 0.717) is 17.9 Å². The molecule has 262 valence electrons. The van der Waals surface area contributed by atoms with E-state index in [1.807, 2.05) is 96.5 Å². The van der Waals surface area contributed by atoms with Crippen LogP contribution in [0.15, 0.2) is 152 Å². The molecule has 8 heteroatoms. The minimum atomic E-state index is -1.01. The lowest BCUT2D eigenvalue weighted by molar-refractivity contribution is 0.443. The van der Waals surface area contributed by atoms with Crippen LogP contribution in [-0.2, 0) is 18.5 Å². The van der Waals surface area contributed by atoms with Crippen LogP contribution in [-0.4, -0.2) is 34.7 Å². The maximum absolute atomic E-state index is 11.2. The Hall–Kier alpha value is -6.98. The lowest BCUT2D eigenvalue weighted by atomic mass is 9.76. The van der Waals surface area contributed by atoms with Crippen molar-refractivity contribution in [3.05, 3.63) is 208 Å². The quantitative estimate of drug-likeness (QED) is 0.104. The zero-order valence-corrected chi connectivity index (χ0v) is 30.4. The van der Waals surface area contributed by atoms with Gasteiger partial charge in [0.05, 0.1) is 6.54 Å². The van der Waals surface area contributed by atoms with Crippen molar-refractivity contribution in [2.75, 3.05) is 0 Å². The van der Waals surface area contributed by atoms with Crippen molar-refractivity contribution in [3.8, 4) is 6.07 Å². The molecule has 8 aromatic rings. The van der Waals surface area contributed by atoms with Crippen LogP contribution in [0.1, 0.15) is 63.2 Å². The van der Waals surface area contributed by atoms with Gasteiger partial charge >= 0.3 is 0 Å². The molecular formula is C46H38N8. The second-order valence-corrected chi connectivity index (χ2v) is 13.4. The van der Waals surface area contributed by atoms with E-state index in [-0.39, 0.29) is 0 Å². The van der Waals surface area contributed by atoms with Crippen molar-refractivity contribution in [2.45, 2.75) is 39.3 Å². The summed E-state index contributed by atoms with van der Waals surface area (Å²) in [5.74, 6) is 1.35. The van der Waals surface area contributed by atoms with E-state index in [2.05, 4.69) is 102 Å². The minimum Gasteiger partial charge on any atom is -0.308 e. The number of benzene rings is 5. The number of hydrogen-bond donors (Lipinski definition) is 0. The van der Waals surface area contributed by atoms with Gasteiger partial charge in [0, 0.05) is 17.7 Å². The molecule has 0 bridgehead atoms. The second-order valence-electron chi connectivity index (χ2n) is 13.4. The molecule has 8 rings (SSSR count). The highest BCUT2D eigenvalue weighted by Crippen LogP contribution is 2.42. The number of tetrazole rings is 1. The molecule has 0 saturated carbocycles. The number of rotatable bonds is 10. The Morgan fingerprint density at radius 1 is 0.685 bits per heavy atom. The molecule has 0 aliphatic heterocycles. The highest BCUT2D eigenvalue weighted by atomic mass is 15.6. The van der Waals surface area contributed by atoms with Crippen LogP contribution in [0.5, 0.6) is 0 Å². The number of pyridine rings is 1. The molecule has 0 amide bonds. The van der Waals surface area contributed by atoms with Gasteiger partial charge in [-0.15, -0.1) is 5.10 Å². The number of nitrogens with zero attached hydrogens (tertiary/aromatic N) is 8. The molecule has 0 aliphatic rings. The summed E-state index contributed by atoms with van der Waals surface area (Å²) in [7, 11) is 0. The maximum atomic E-state index is 11.2. The number of imidazole rings is 1. The lowest BCUT2D eigenvalue weighted by Crippen LogP contribution is -2.40. The molecular weight excluding hydrogens is 665 g/mol. The van der Waals surface area contributed by atoms with Crippen molar-refractivity contribution in [1.82, 2.24) is 34.7 Å².